The lowest BCUT2D eigenvalue weighted by Crippen LogP contribution is -2.46. The third kappa shape index (κ3) is 2.59. The molecule has 1 unspecified atom stereocenters. The molecule has 1 aliphatic carbocycles. The highest BCUT2D eigenvalue weighted by atomic mass is 16.6. The van der Waals surface area contributed by atoms with Crippen molar-refractivity contribution in [3.63, 3.8) is 0 Å². The molecule has 0 amide bonds. The predicted molar refractivity (Wildman–Crippen MR) is 72.0 cm³/mol. The van der Waals surface area contributed by atoms with Crippen molar-refractivity contribution in [2.24, 2.45) is 5.90 Å². The summed E-state index contributed by atoms with van der Waals surface area (Å²) in [4.78, 5) is 12.2. The summed E-state index contributed by atoms with van der Waals surface area (Å²) < 4.78 is 5.42. The maximum absolute atomic E-state index is 5.42. The van der Waals surface area contributed by atoms with Gasteiger partial charge in [-0.1, -0.05) is 0 Å². The van der Waals surface area contributed by atoms with E-state index < -0.39 is 0 Å². The second-order valence-electron chi connectivity index (χ2n) is 5.35. The molecule has 1 fully saturated rings. The summed E-state index contributed by atoms with van der Waals surface area (Å²) in [6.45, 7) is 5.72. The maximum Gasteiger partial charge on any atom is 0.153 e. The molecule has 1 aliphatic heterocycles. The van der Waals surface area contributed by atoms with Gasteiger partial charge in [0.1, 0.15) is 0 Å². The van der Waals surface area contributed by atoms with Crippen molar-refractivity contribution in [1.29, 1.82) is 0 Å². The van der Waals surface area contributed by atoms with Gasteiger partial charge in [0.05, 0.1) is 13.2 Å². The molecule has 104 valence electrons. The van der Waals surface area contributed by atoms with Crippen LogP contribution in [0.1, 0.15) is 23.4 Å². The van der Waals surface area contributed by atoms with Gasteiger partial charge in [-0.25, -0.2) is 0 Å². The predicted octanol–water partition coefficient (Wildman–Crippen LogP) is 0.832. The highest BCUT2D eigenvalue weighted by Crippen LogP contribution is 2.31. The molecule has 3 rings (SSSR count). The van der Waals surface area contributed by atoms with Gasteiger partial charge in [0.2, 0.25) is 0 Å². The van der Waals surface area contributed by atoms with Gasteiger partial charge in [-0.15, -0.1) is 0 Å². The van der Waals surface area contributed by atoms with Crippen molar-refractivity contribution in [3.8, 4) is 5.75 Å². The Hall–Kier alpha value is -1.17. The van der Waals surface area contributed by atoms with E-state index in [1.165, 1.54) is 5.56 Å². The topological polar surface area (TPSA) is 60.6 Å². The smallest absolute Gasteiger partial charge is 0.153 e. The molecule has 1 aromatic rings. The number of aromatic nitrogens is 1. The summed E-state index contributed by atoms with van der Waals surface area (Å²) in [5.41, 5.74) is 3.32. The van der Waals surface area contributed by atoms with Crippen LogP contribution in [0.25, 0.3) is 0 Å². The van der Waals surface area contributed by atoms with Crippen LogP contribution < -0.4 is 10.7 Å². The number of morpholine rings is 1. The van der Waals surface area contributed by atoms with E-state index in [4.69, 9.17) is 15.5 Å². The number of aryl methyl sites for hydroxylation is 2. The van der Waals surface area contributed by atoms with Crippen LogP contribution in [0.15, 0.2) is 6.07 Å². The second-order valence-corrected chi connectivity index (χ2v) is 5.35. The Morgan fingerprint density at radius 3 is 2.95 bits per heavy atom. The van der Waals surface area contributed by atoms with Crippen molar-refractivity contribution in [2.75, 3.05) is 26.3 Å². The van der Waals surface area contributed by atoms with Crippen molar-refractivity contribution in [3.05, 3.63) is 23.0 Å². The molecule has 2 N–H and O–H groups in total. The molecule has 1 aromatic heterocycles. The molecule has 0 radical (unpaired) electrons. The van der Waals surface area contributed by atoms with Gasteiger partial charge in [0.25, 0.3) is 0 Å². The largest absolute Gasteiger partial charge is 0.411 e. The molecule has 2 aliphatic rings. The van der Waals surface area contributed by atoms with E-state index in [-0.39, 0.29) is 0 Å². The number of fused-ring (bicyclic) bond motifs is 1. The van der Waals surface area contributed by atoms with Gasteiger partial charge < -0.3 is 9.57 Å². The SMILES string of the molecule is Cc1cc(ON)c2c(n1)CCC(N1CCOCC1)C2. The zero-order valence-corrected chi connectivity index (χ0v) is 11.4. The van der Waals surface area contributed by atoms with Crippen LogP contribution in [0, 0.1) is 6.92 Å². The Balaban J connectivity index is 1.82. The third-order valence-electron chi connectivity index (χ3n) is 4.14. The highest BCUT2D eigenvalue weighted by Gasteiger charge is 2.28. The lowest BCUT2D eigenvalue weighted by Gasteiger charge is -2.37. The fourth-order valence-electron chi connectivity index (χ4n) is 3.16. The number of rotatable bonds is 2. The first-order valence-electron chi connectivity index (χ1n) is 6.96. The van der Waals surface area contributed by atoms with Crippen molar-refractivity contribution >= 4 is 0 Å². The minimum Gasteiger partial charge on any atom is -0.411 e. The quantitative estimate of drug-likeness (QED) is 0.801. The maximum atomic E-state index is 5.42. The molecule has 0 bridgehead atoms. The van der Waals surface area contributed by atoms with E-state index in [0.29, 0.717) is 6.04 Å². The summed E-state index contributed by atoms with van der Waals surface area (Å²) in [7, 11) is 0. The Labute approximate surface area is 113 Å². The van der Waals surface area contributed by atoms with E-state index in [9.17, 15) is 0 Å². The van der Waals surface area contributed by atoms with Crippen molar-refractivity contribution in [1.82, 2.24) is 9.88 Å². The first kappa shape index (κ1) is 12.8. The van der Waals surface area contributed by atoms with E-state index in [0.717, 1.165) is 62.7 Å². The molecule has 1 atom stereocenters. The number of nitrogens with zero attached hydrogens (tertiary/aromatic N) is 2. The van der Waals surface area contributed by atoms with Crippen molar-refractivity contribution in [2.45, 2.75) is 32.2 Å². The molecule has 19 heavy (non-hydrogen) atoms. The number of pyridine rings is 1. The first-order valence-corrected chi connectivity index (χ1v) is 6.96. The Morgan fingerprint density at radius 1 is 1.42 bits per heavy atom. The normalized spacial score (nSPS) is 24.0. The molecule has 0 aromatic carbocycles. The summed E-state index contributed by atoms with van der Waals surface area (Å²) in [5, 5.41) is 0. The zero-order chi connectivity index (χ0) is 13.2. The molecular weight excluding hydrogens is 242 g/mol. The fraction of sp³-hybridized carbons (Fsp3) is 0.643. The Kier molecular flexibility index (Phi) is 3.68. The van der Waals surface area contributed by atoms with Crippen LogP contribution in [0.5, 0.6) is 5.75 Å². The number of hydrogen-bond donors (Lipinski definition) is 1. The minimum absolute atomic E-state index is 0.565. The molecule has 5 heteroatoms. The van der Waals surface area contributed by atoms with Gasteiger partial charge >= 0.3 is 0 Å². The van der Waals surface area contributed by atoms with Crippen LogP contribution >= 0.6 is 0 Å². The van der Waals surface area contributed by atoms with Crippen LogP contribution in [0.3, 0.4) is 0 Å². The summed E-state index contributed by atoms with van der Waals surface area (Å²) in [5.74, 6) is 6.20. The molecular formula is C14H21N3O2. The summed E-state index contributed by atoms with van der Waals surface area (Å²) in [6.07, 6.45) is 3.15. The van der Waals surface area contributed by atoms with E-state index in [2.05, 4.69) is 9.88 Å². The first-order chi connectivity index (χ1) is 9.28. The van der Waals surface area contributed by atoms with Gasteiger partial charge in [-0.05, 0) is 26.2 Å². The lowest BCUT2D eigenvalue weighted by atomic mass is 9.89. The number of ether oxygens (including phenoxy) is 1. The molecule has 0 spiro atoms. The monoisotopic (exact) mass is 263 g/mol. The standard InChI is InChI=1S/C14H21N3O2/c1-10-8-14(19-15)12-9-11(2-3-13(12)16-10)17-4-6-18-7-5-17/h8,11H,2-7,9,15H2,1H3. The molecule has 2 heterocycles. The van der Waals surface area contributed by atoms with Crippen LogP contribution in [0.2, 0.25) is 0 Å². The van der Waals surface area contributed by atoms with Crippen LogP contribution in [-0.2, 0) is 17.6 Å². The van der Waals surface area contributed by atoms with Gasteiger partial charge in [-0.2, -0.15) is 5.90 Å². The Morgan fingerprint density at radius 2 is 2.21 bits per heavy atom. The van der Waals surface area contributed by atoms with Gasteiger partial charge in [0.15, 0.2) is 5.75 Å². The zero-order valence-electron chi connectivity index (χ0n) is 11.4. The number of nitrogens with two attached hydrogens (primary N) is 1. The van der Waals surface area contributed by atoms with Crippen LogP contribution in [-0.4, -0.2) is 42.2 Å². The molecule has 0 saturated carbocycles. The van der Waals surface area contributed by atoms with Gasteiger partial charge in [0, 0.05) is 42.1 Å². The highest BCUT2D eigenvalue weighted by molar-refractivity contribution is 5.40. The minimum atomic E-state index is 0.565. The molecule has 1 saturated heterocycles. The fourth-order valence-corrected chi connectivity index (χ4v) is 3.16. The molecule has 5 nitrogen and oxygen atoms in total. The van der Waals surface area contributed by atoms with Crippen LogP contribution in [0.4, 0.5) is 0 Å². The summed E-state index contributed by atoms with van der Waals surface area (Å²) in [6, 6.07) is 2.50. The van der Waals surface area contributed by atoms with E-state index in [1.54, 1.807) is 0 Å². The lowest BCUT2D eigenvalue weighted by molar-refractivity contribution is 0.0134. The second kappa shape index (κ2) is 5.45. The Bertz CT molecular complexity index is 441. The van der Waals surface area contributed by atoms with E-state index >= 15 is 0 Å². The summed E-state index contributed by atoms with van der Waals surface area (Å²) >= 11 is 0. The van der Waals surface area contributed by atoms with E-state index in [1.807, 2.05) is 13.0 Å². The van der Waals surface area contributed by atoms with Crippen molar-refractivity contribution < 1.29 is 9.57 Å². The van der Waals surface area contributed by atoms with Gasteiger partial charge in [-0.3, -0.25) is 9.88 Å². The average molecular weight is 263 g/mol. The number of hydrogen-bond acceptors (Lipinski definition) is 5. The third-order valence-corrected chi connectivity index (χ3v) is 4.14. The average Bonchev–Trinajstić information content (AvgIpc) is 2.46.